The van der Waals surface area contributed by atoms with Crippen molar-refractivity contribution in [2.24, 2.45) is 0 Å². The molecule has 4 rings (SSSR count). The number of nitrogens with zero attached hydrogens (tertiary/aromatic N) is 5. The summed E-state index contributed by atoms with van der Waals surface area (Å²) in [5.74, 6) is 2.18. The Bertz CT molecular complexity index is 1160. The maximum atomic E-state index is 13.0. The highest BCUT2D eigenvalue weighted by Crippen LogP contribution is 2.30. The van der Waals surface area contributed by atoms with Gasteiger partial charge in [-0.15, -0.1) is 0 Å². The summed E-state index contributed by atoms with van der Waals surface area (Å²) in [4.78, 5) is 29.6. The number of piperazine rings is 1. The molecule has 1 saturated heterocycles. The standard InChI is InChI=1S/C23H23F3N6O/c1-15-6-7-27-19(12-15)30-20-14-21(29-16(2)28-20)31-8-10-32(11-9-31)22(33)17-4-3-5-18(13-17)23(24,25)26/h3-7,12-14H,8-11H2,1-2H3,(H,27,28,29,30). The normalized spacial score (nSPS) is 14.3. The summed E-state index contributed by atoms with van der Waals surface area (Å²) in [6, 6.07) is 10.2. The van der Waals surface area contributed by atoms with Crippen LogP contribution in [0.5, 0.6) is 0 Å². The second kappa shape index (κ2) is 9.05. The first-order valence-corrected chi connectivity index (χ1v) is 10.5. The molecular weight excluding hydrogens is 433 g/mol. The van der Waals surface area contributed by atoms with Gasteiger partial charge >= 0.3 is 6.18 Å². The summed E-state index contributed by atoms with van der Waals surface area (Å²) in [5.41, 5.74) is 0.278. The predicted molar refractivity (Wildman–Crippen MR) is 119 cm³/mol. The number of hydrogen-bond donors (Lipinski definition) is 1. The minimum Gasteiger partial charge on any atom is -0.353 e. The predicted octanol–water partition coefficient (Wildman–Crippen LogP) is 4.21. The van der Waals surface area contributed by atoms with Crippen molar-refractivity contribution in [2.45, 2.75) is 20.0 Å². The molecule has 172 valence electrons. The van der Waals surface area contributed by atoms with Gasteiger partial charge in [-0.25, -0.2) is 15.0 Å². The maximum Gasteiger partial charge on any atom is 0.416 e. The number of alkyl halides is 3. The third kappa shape index (κ3) is 5.39. The average Bonchev–Trinajstić information content (AvgIpc) is 2.78. The van der Waals surface area contributed by atoms with Gasteiger partial charge in [-0.2, -0.15) is 13.2 Å². The Morgan fingerprint density at radius 1 is 0.970 bits per heavy atom. The van der Waals surface area contributed by atoms with Crippen LogP contribution in [-0.2, 0) is 6.18 Å². The molecule has 0 unspecified atom stereocenters. The van der Waals surface area contributed by atoms with Crippen LogP contribution in [0.15, 0.2) is 48.7 Å². The lowest BCUT2D eigenvalue weighted by Gasteiger charge is -2.35. The number of halogens is 3. The third-order valence-corrected chi connectivity index (χ3v) is 5.32. The van der Waals surface area contributed by atoms with Gasteiger partial charge in [0.15, 0.2) is 0 Å². The molecule has 0 atom stereocenters. The molecule has 1 amide bonds. The van der Waals surface area contributed by atoms with E-state index in [2.05, 4.69) is 20.3 Å². The number of carbonyl (C=O) groups is 1. The molecule has 0 spiro atoms. The van der Waals surface area contributed by atoms with Crippen molar-refractivity contribution in [3.63, 3.8) is 0 Å². The van der Waals surface area contributed by atoms with Crippen molar-refractivity contribution < 1.29 is 18.0 Å². The first-order valence-electron chi connectivity index (χ1n) is 10.5. The molecule has 10 heteroatoms. The Kier molecular flexibility index (Phi) is 6.17. The Hall–Kier alpha value is -3.69. The number of aryl methyl sites for hydroxylation is 2. The fourth-order valence-electron chi connectivity index (χ4n) is 3.66. The van der Waals surface area contributed by atoms with E-state index in [1.165, 1.54) is 12.1 Å². The second-order valence-corrected chi connectivity index (χ2v) is 7.86. The summed E-state index contributed by atoms with van der Waals surface area (Å²) in [7, 11) is 0. The average molecular weight is 456 g/mol. The lowest BCUT2D eigenvalue weighted by molar-refractivity contribution is -0.137. The van der Waals surface area contributed by atoms with Gasteiger partial charge in [0.05, 0.1) is 5.56 Å². The molecular formula is C23H23F3N6O. The topological polar surface area (TPSA) is 74.2 Å². The SMILES string of the molecule is Cc1ccnc(Nc2cc(N3CCN(C(=O)c4cccc(C(F)(F)F)c4)CC3)nc(C)n2)c1. The molecule has 3 aromatic rings. The van der Waals surface area contributed by atoms with E-state index in [4.69, 9.17) is 0 Å². The molecule has 0 saturated carbocycles. The van der Waals surface area contributed by atoms with Crippen molar-refractivity contribution in [3.8, 4) is 0 Å². The van der Waals surface area contributed by atoms with Crippen LogP contribution in [0, 0.1) is 13.8 Å². The number of carbonyl (C=O) groups excluding carboxylic acids is 1. The number of anilines is 3. The number of hydrogen-bond acceptors (Lipinski definition) is 6. The summed E-state index contributed by atoms with van der Waals surface area (Å²) in [5, 5.41) is 3.19. The lowest BCUT2D eigenvalue weighted by atomic mass is 10.1. The van der Waals surface area contributed by atoms with Crippen LogP contribution < -0.4 is 10.2 Å². The van der Waals surface area contributed by atoms with Crippen molar-refractivity contribution in [2.75, 3.05) is 36.4 Å². The van der Waals surface area contributed by atoms with E-state index in [-0.39, 0.29) is 5.56 Å². The highest BCUT2D eigenvalue weighted by molar-refractivity contribution is 5.94. The van der Waals surface area contributed by atoms with E-state index >= 15 is 0 Å². The zero-order valence-corrected chi connectivity index (χ0v) is 18.2. The highest BCUT2D eigenvalue weighted by atomic mass is 19.4. The van der Waals surface area contributed by atoms with E-state index in [0.29, 0.717) is 49.5 Å². The van der Waals surface area contributed by atoms with Crippen molar-refractivity contribution >= 4 is 23.4 Å². The molecule has 1 aliphatic rings. The van der Waals surface area contributed by atoms with E-state index in [1.807, 2.05) is 30.0 Å². The third-order valence-electron chi connectivity index (χ3n) is 5.32. The summed E-state index contributed by atoms with van der Waals surface area (Å²) in [6.07, 6.45) is -2.77. The lowest BCUT2D eigenvalue weighted by Crippen LogP contribution is -2.49. The number of pyridine rings is 1. The van der Waals surface area contributed by atoms with Crippen LogP contribution in [0.25, 0.3) is 0 Å². The van der Waals surface area contributed by atoms with Crippen molar-refractivity contribution in [1.29, 1.82) is 0 Å². The highest BCUT2D eigenvalue weighted by Gasteiger charge is 2.32. The van der Waals surface area contributed by atoms with Crippen LogP contribution in [0.3, 0.4) is 0 Å². The van der Waals surface area contributed by atoms with E-state index in [9.17, 15) is 18.0 Å². The number of amides is 1. The van der Waals surface area contributed by atoms with Crippen molar-refractivity contribution in [3.05, 3.63) is 71.2 Å². The van der Waals surface area contributed by atoms with E-state index in [0.717, 1.165) is 17.7 Å². The Labute approximate surface area is 189 Å². The fourth-order valence-corrected chi connectivity index (χ4v) is 3.66. The van der Waals surface area contributed by atoms with Crippen LogP contribution in [-0.4, -0.2) is 51.9 Å². The molecule has 1 fully saturated rings. The molecule has 0 aliphatic carbocycles. The molecule has 2 aromatic heterocycles. The number of nitrogens with one attached hydrogen (secondary N) is 1. The zero-order chi connectivity index (χ0) is 23.6. The van der Waals surface area contributed by atoms with Gasteiger partial charge in [0.1, 0.15) is 23.3 Å². The van der Waals surface area contributed by atoms with Gasteiger partial charge in [-0.3, -0.25) is 4.79 Å². The second-order valence-electron chi connectivity index (χ2n) is 7.86. The van der Waals surface area contributed by atoms with Crippen LogP contribution in [0.4, 0.5) is 30.6 Å². The summed E-state index contributed by atoms with van der Waals surface area (Å²) < 4.78 is 38.9. The largest absolute Gasteiger partial charge is 0.416 e. The zero-order valence-electron chi connectivity index (χ0n) is 18.2. The van der Waals surface area contributed by atoms with Crippen molar-refractivity contribution in [1.82, 2.24) is 19.9 Å². The molecule has 7 nitrogen and oxygen atoms in total. The Morgan fingerprint density at radius 2 is 1.73 bits per heavy atom. The van der Waals surface area contributed by atoms with Gasteiger partial charge in [-0.1, -0.05) is 6.07 Å². The molecule has 1 aromatic carbocycles. The maximum absolute atomic E-state index is 13.0. The molecule has 33 heavy (non-hydrogen) atoms. The number of benzene rings is 1. The first-order chi connectivity index (χ1) is 15.7. The number of aromatic nitrogens is 3. The van der Waals surface area contributed by atoms with Gasteiger partial charge < -0.3 is 15.1 Å². The smallest absolute Gasteiger partial charge is 0.353 e. The van der Waals surface area contributed by atoms with Crippen LogP contribution in [0.2, 0.25) is 0 Å². The minimum atomic E-state index is -4.49. The Balaban J connectivity index is 1.44. The van der Waals surface area contributed by atoms with Gasteiger partial charge in [-0.05, 0) is 49.7 Å². The molecule has 0 bridgehead atoms. The summed E-state index contributed by atoms with van der Waals surface area (Å²) >= 11 is 0. The van der Waals surface area contributed by atoms with E-state index in [1.54, 1.807) is 18.0 Å². The molecule has 3 heterocycles. The molecule has 1 N–H and O–H groups in total. The van der Waals surface area contributed by atoms with Gasteiger partial charge in [0.25, 0.3) is 5.91 Å². The van der Waals surface area contributed by atoms with Gasteiger partial charge in [0.2, 0.25) is 0 Å². The minimum absolute atomic E-state index is 0.0355. The number of rotatable bonds is 4. The Morgan fingerprint density at radius 3 is 2.42 bits per heavy atom. The van der Waals surface area contributed by atoms with E-state index < -0.39 is 17.6 Å². The molecule has 0 radical (unpaired) electrons. The monoisotopic (exact) mass is 456 g/mol. The van der Waals surface area contributed by atoms with Crippen LogP contribution in [0.1, 0.15) is 27.3 Å². The fraction of sp³-hybridized carbons (Fsp3) is 0.304. The first kappa shape index (κ1) is 22.5. The summed E-state index contributed by atoms with van der Waals surface area (Å²) in [6.45, 7) is 5.53. The van der Waals surface area contributed by atoms with Crippen LogP contribution >= 0.6 is 0 Å². The molecule has 1 aliphatic heterocycles. The van der Waals surface area contributed by atoms with Gasteiger partial charge in [0, 0.05) is 44.0 Å². The quantitative estimate of drug-likeness (QED) is 0.634.